The Morgan fingerprint density at radius 1 is 1.31 bits per heavy atom. The molecule has 88 valence electrons. The van der Waals surface area contributed by atoms with E-state index in [1.807, 2.05) is 18.2 Å². The summed E-state index contributed by atoms with van der Waals surface area (Å²) in [6.45, 7) is 6.07. The summed E-state index contributed by atoms with van der Waals surface area (Å²) in [6.07, 6.45) is 0. The van der Waals surface area contributed by atoms with Crippen LogP contribution in [0.15, 0.2) is 18.2 Å². The molecule has 0 aliphatic carbocycles. The molecule has 1 aliphatic rings. The highest BCUT2D eigenvalue weighted by molar-refractivity contribution is 5.55. The normalized spacial score (nSPS) is 13.9. The van der Waals surface area contributed by atoms with Gasteiger partial charge in [0, 0.05) is 18.3 Å². The molecule has 4 nitrogen and oxygen atoms in total. The Morgan fingerprint density at radius 3 is 2.81 bits per heavy atom. The Balaban J connectivity index is 2.00. The summed E-state index contributed by atoms with van der Waals surface area (Å²) < 4.78 is 10.6. The van der Waals surface area contributed by atoms with Crippen molar-refractivity contribution in [2.24, 2.45) is 11.1 Å². The third kappa shape index (κ3) is 2.39. The lowest BCUT2D eigenvalue weighted by Crippen LogP contribution is -2.31. The van der Waals surface area contributed by atoms with Crippen LogP contribution < -0.4 is 20.5 Å². The minimum Gasteiger partial charge on any atom is -0.454 e. The number of hydrogen-bond donors (Lipinski definition) is 2. The second-order valence-electron chi connectivity index (χ2n) is 4.79. The fraction of sp³-hybridized carbons (Fsp3) is 0.500. The van der Waals surface area contributed by atoms with Gasteiger partial charge >= 0.3 is 0 Å². The van der Waals surface area contributed by atoms with Crippen molar-refractivity contribution in [2.75, 3.05) is 25.2 Å². The molecule has 0 saturated carbocycles. The van der Waals surface area contributed by atoms with Crippen molar-refractivity contribution in [3.8, 4) is 11.5 Å². The van der Waals surface area contributed by atoms with Crippen molar-refractivity contribution in [2.45, 2.75) is 13.8 Å². The van der Waals surface area contributed by atoms with Gasteiger partial charge in [0.05, 0.1) is 0 Å². The van der Waals surface area contributed by atoms with Crippen LogP contribution in [0.2, 0.25) is 0 Å². The summed E-state index contributed by atoms with van der Waals surface area (Å²) >= 11 is 0. The molecule has 0 atom stereocenters. The highest BCUT2D eigenvalue weighted by Gasteiger charge is 2.16. The molecule has 0 aromatic heterocycles. The number of ether oxygens (including phenoxy) is 2. The second-order valence-corrected chi connectivity index (χ2v) is 4.79. The summed E-state index contributed by atoms with van der Waals surface area (Å²) in [5.41, 5.74) is 6.80. The van der Waals surface area contributed by atoms with E-state index in [4.69, 9.17) is 15.2 Å². The molecule has 1 heterocycles. The van der Waals surface area contributed by atoms with Crippen molar-refractivity contribution >= 4 is 5.69 Å². The Bertz CT molecular complexity index is 377. The van der Waals surface area contributed by atoms with Crippen molar-refractivity contribution < 1.29 is 9.47 Å². The van der Waals surface area contributed by atoms with E-state index in [1.165, 1.54) is 0 Å². The fourth-order valence-electron chi connectivity index (χ4n) is 1.42. The molecular formula is C12H18N2O2. The predicted octanol–water partition coefficient (Wildman–Crippen LogP) is 1.81. The molecule has 0 radical (unpaired) electrons. The smallest absolute Gasteiger partial charge is 0.231 e. The van der Waals surface area contributed by atoms with E-state index in [0.29, 0.717) is 13.3 Å². The molecule has 3 N–H and O–H groups in total. The third-order valence-electron chi connectivity index (χ3n) is 2.70. The molecule has 0 spiro atoms. The monoisotopic (exact) mass is 222 g/mol. The van der Waals surface area contributed by atoms with Crippen molar-refractivity contribution in [3.05, 3.63) is 18.2 Å². The van der Waals surface area contributed by atoms with Crippen LogP contribution in [0, 0.1) is 5.41 Å². The predicted molar refractivity (Wildman–Crippen MR) is 63.9 cm³/mol. The topological polar surface area (TPSA) is 56.5 Å². The van der Waals surface area contributed by atoms with E-state index >= 15 is 0 Å². The van der Waals surface area contributed by atoms with Crippen LogP contribution in [0.4, 0.5) is 5.69 Å². The van der Waals surface area contributed by atoms with Gasteiger partial charge in [-0.1, -0.05) is 13.8 Å². The van der Waals surface area contributed by atoms with E-state index < -0.39 is 0 Å². The van der Waals surface area contributed by atoms with Crippen LogP contribution >= 0.6 is 0 Å². The maximum Gasteiger partial charge on any atom is 0.231 e. The van der Waals surface area contributed by atoms with Crippen LogP contribution in [0.1, 0.15) is 13.8 Å². The fourth-order valence-corrected chi connectivity index (χ4v) is 1.42. The van der Waals surface area contributed by atoms with Gasteiger partial charge in [0.2, 0.25) is 6.79 Å². The van der Waals surface area contributed by atoms with E-state index in [2.05, 4.69) is 19.2 Å². The second kappa shape index (κ2) is 4.22. The van der Waals surface area contributed by atoms with Gasteiger partial charge in [-0.2, -0.15) is 0 Å². The number of rotatable bonds is 4. The van der Waals surface area contributed by atoms with Gasteiger partial charge in [-0.3, -0.25) is 0 Å². The highest BCUT2D eigenvalue weighted by atomic mass is 16.7. The van der Waals surface area contributed by atoms with Crippen molar-refractivity contribution in [1.82, 2.24) is 0 Å². The SMILES string of the molecule is CC(C)(CN)CNc1ccc2c(c1)OCO2. The Kier molecular flexibility index (Phi) is 2.92. The molecule has 2 rings (SSSR count). The highest BCUT2D eigenvalue weighted by Crippen LogP contribution is 2.34. The lowest BCUT2D eigenvalue weighted by Gasteiger charge is -2.23. The minimum absolute atomic E-state index is 0.0936. The zero-order chi connectivity index (χ0) is 11.6. The molecule has 16 heavy (non-hydrogen) atoms. The molecule has 0 fully saturated rings. The van der Waals surface area contributed by atoms with Crippen molar-refractivity contribution in [1.29, 1.82) is 0 Å². The van der Waals surface area contributed by atoms with Gasteiger partial charge in [0.1, 0.15) is 0 Å². The minimum atomic E-state index is 0.0936. The Labute approximate surface area is 95.7 Å². The maximum absolute atomic E-state index is 5.68. The van der Waals surface area contributed by atoms with E-state index in [9.17, 15) is 0 Å². The molecule has 0 unspecified atom stereocenters. The van der Waals surface area contributed by atoms with Gasteiger partial charge < -0.3 is 20.5 Å². The standard InChI is InChI=1S/C12H18N2O2/c1-12(2,6-13)7-14-9-3-4-10-11(5-9)16-8-15-10/h3-5,14H,6-8,13H2,1-2H3. The first kappa shape index (κ1) is 11.1. The first-order valence-electron chi connectivity index (χ1n) is 5.44. The van der Waals surface area contributed by atoms with Crippen LogP contribution in [0.25, 0.3) is 0 Å². The first-order chi connectivity index (χ1) is 7.61. The molecular weight excluding hydrogens is 204 g/mol. The molecule has 0 amide bonds. The molecule has 4 heteroatoms. The van der Waals surface area contributed by atoms with Crippen molar-refractivity contribution in [3.63, 3.8) is 0 Å². The zero-order valence-corrected chi connectivity index (χ0v) is 9.75. The van der Waals surface area contributed by atoms with Crippen LogP contribution in [0.3, 0.4) is 0 Å². The average Bonchev–Trinajstić information content (AvgIpc) is 2.73. The quantitative estimate of drug-likeness (QED) is 0.815. The number of nitrogens with one attached hydrogen (secondary N) is 1. The van der Waals surface area contributed by atoms with Gasteiger partial charge in [-0.15, -0.1) is 0 Å². The van der Waals surface area contributed by atoms with E-state index in [-0.39, 0.29) is 5.41 Å². The van der Waals surface area contributed by atoms with Crippen LogP contribution in [-0.2, 0) is 0 Å². The largest absolute Gasteiger partial charge is 0.454 e. The van der Waals surface area contributed by atoms with Crippen LogP contribution in [0.5, 0.6) is 11.5 Å². The van der Waals surface area contributed by atoms with E-state index in [0.717, 1.165) is 23.7 Å². The lowest BCUT2D eigenvalue weighted by molar-refractivity contribution is 0.174. The number of anilines is 1. The number of benzene rings is 1. The van der Waals surface area contributed by atoms with Gasteiger partial charge in [-0.25, -0.2) is 0 Å². The molecule has 1 aromatic carbocycles. The Morgan fingerprint density at radius 2 is 2.06 bits per heavy atom. The molecule has 1 aliphatic heterocycles. The molecule has 0 bridgehead atoms. The van der Waals surface area contributed by atoms with Gasteiger partial charge in [-0.05, 0) is 24.1 Å². The molecule has 0 saturated heterocycles. The maximum atomic E-state index is 5.68. The summed E-state index contributed by atoms with van der Waals surface area (Å²) in [6, 6.07) is 5.86. The summed E-state index contributed by atoms with van der Waals surface area (Å²) in [4.78, 5) is 0. The average molecular weight is 222 g/mol. The Hall–Kier alpha value is -1.42. The first-order valence-corrected chi connectivity index (χ1v) is 5.44. The summed E-state index contributed by atoms with van der Waals surface area (Å²) in [5.74, 6) is 1.61. The van der Waals surface area contributed by atoms with E-state index in [1.54, 1.807) is 0 Å². The summed E-state index contributed by atoms with van der Waals surface area (Å²) in [5, 5.41) is 3.35. The van der Waals surface area contributed by atoms with Gasteiger partial charge in [0.15, 0.2) is 11.5 Å². The summed E-state index contributed by atoms with van der Waals surface area (Å²) in [7, 11) is 0. The number of hydrogen-bond acceptors (Lipinski definition) is 4. The van der Waals surface area contributed by atoms with Gasteiger partial charge in [0.25, 0.3) is 0 Å². The number of fused-ring (bicyclic) bond motifs is 1. The van der Waals surface area contributed by atoms with Crippen LogP contribution in [-0.4, -0.2) is 19.9 Å². The zero-order valence-electron chi connectivity index (χ0n) is 9.75. The lowest BCUT2D eigenvalue weighted by atomic mass is 9.94. The third-order valence-corrected chi connectivity index (χ3v) is 2.70. The molecule has 1 aromatic rings. The number of nitrogens with two attached hydrogens (primary N) is 1.